The molecule has 9 nitrogen and oxygen atoms in total. The number of hydrogen-bond donors (Lipinski definition) is 4. The molecule has 0 bridgehead atoms. The van der Waals surface area contributed by atoms with Crippen molar-refractivity contribution in [1.29, 1.82) is 0 Å². The molecule has 0 fully saturated rings. The lowest BCUT2D eigenvalue weighted by atomic mass is 9.90. The normalized spacial score (nSPS) is 14.3. The van der Waals surface area contributed by atoms with E-state index in [9.17, 15) is 24.3 Å². The van der Waals surface area contributed by atoms with Crippen LogP contribution < -0.4 is 16.0 Å². The predicted octanol–water partition coefficient (Wildman–Crippen LogP) is 5.02. The van der Waals surface area contributed by atoms with Crippen LogP contribution in [0.25, 0.3) is 0 Å². The Morgan fingerprint density at radius 3 is 1.77 bits per heavy atom. The van der Waals surface area contributed by atoms with Crippen LogP contribution in [-0.2, 0) is 32.1 Å². The van der Waals surface area contributed by atoms with E-state index in [1.54, 1.807) is 54.6 Å². The molecule has 3 rings (SSSR count). The number of rotatable bonds is 15. The van der Waals surface area contributed by atoms with E-state index < -0.39 is 41.9 Å². The van der Waals surface area contributed by atoms with Gasteiger partial charge < -0.3 is 25.8 Å². The molecule has 0 aliphatic carbocycles. The number of carboxylic acids is 1. The molecule has 0 heterocycles. The molecule has 0 aliphatic heterocycles. The Hall–Kier alpha value is -4.66. The first-order valence-corrected chi connectivity index (χ1v) is 14.6. The topological polar surface area (TPSA) is 134 Å². The highest BCUT2D eigenvalue weighted by Crippen LogP contribution is 2.19. The van der Waals surface area contributed by atoms with Crippen molar-refractivity contribution in [3.8, 4) is 0 Å². The lowest BCUT2D eigenvalue weighted by Crippen LogP contribution is -2.59. The summed E-state index contributed by atoms with van der Waals surface area (Å²) >= 11 is 0. The molecular weight excluding hydrogens is 546 g/mol. The molecule has 0 saturated heterocycles. The number of carbonyl (C=O) groups excluding carboxylic acids is 3. The Balaban J connectivity index is 1.84. The van der Waals surface area contributed by atoms with Gasteiger partial charge in [-0.3, -0.25) is 14.4 Å². The van der Waals surface area contributed by atoms with Crippen LogP contribution in [0.3, 0.4) is 0 Å². The van der Waals surface area contributed by atoms with Crippen molar-refractivity contribution >= 4 is 23.9 Å². The van der Waals surface area contributed by atoms with Crippen molar-refractivity contribution in [2.24, 2.45) is 11.8 Å². The van der Waals surface area contributed by atoms with Crippen molar-refractivity contribution in [2.45, 2.75) is 64.8 Å². The van der Waals surface area contributed by atoms with Crippen LogP contribution in [0.5, 0.6) is 0 Å². The molecule has 43 heavy (non-hydrogen) atoms. The van der Waals surface area contributed by atoms with Gasteiger partial charge in [-0.1, -0.05) is 118 Å². The maximum atomic E-state index is 13.8. The molecular formula is C34H41N3O6. The van der Waals surface area contributed by atoms with E-state index in [0.717, 1.165) is 11.1 Å². The van der Waals surface area contributed by atoms with Gasteiger partial charge in [0, 0.05) is 0 Å². The standard InChI is InChI=1S/C34H41N3O6/c1-4-23(3)29(31(38)35-28(5-2)26-19-13-8-14-20-26)36-32(39)30(27(33(40)41)21-24-15-9-6-10-16-24)37-34(42)43-22-25-17-11-7-12-18-25/h6-20,23,27-30H,4-5,21-22H2,1-3H3,(H,35,38)(H,36,39)(H,37,42)(H,40,41)/t23-,27?,28+,29-,30+/m1/s1. The lowest BCUT2D eigenvalue weighted by Gasteiger charge is -2.30. The third kappa shape index (κ3) is 9.99. The van der Waals surface area contributed by atoms with Crippen molar-refractivity contribution in [3.63, 3.8) is 0 Å². The number of hydrogen-bond acceptors (Lipinski definition) is 5. The smallest absolute Gasteiger partial charge is 0.408 e. The monoisotopic (exact) mass is 587 g/mol. The quantitative estimate of drug-likeness (QED) is 0.197. The van der Waals surface area contributed by atoms with E-state index in [4.69, 9.17) is 4.74 Å². The van der Waals surface area contributed by atoms with E-state index in [2.05, 4.69) is 16.0 Å². The summed E-state index contributed by atoms with van der Waals surface area (Å²) in [5.41, 5.74) is 2.34. The second-order valence-electron chi connectivity index (χ2n) is 10.6. The van der Waals surface area contributed by atoms with Crippen molar-refractivity contribution in [2.75, 3.05) is 0 Å². The highest BCUT2D eigenvalue weighted by molar-refractivity contribution is 5.94. The third-order valence-electron chi connectivity index (χ3n) is 7.51. The second kappa shape index (κ2) is 16.7. The largest absolute Gasteiger partial charge is 0.481 e. The Morgan fingerprint density at radius 1 is 0.698 bits per heavy atom. The molecule has 3 amide bonds. The van der Waals surface area contributed by atoms with Crippen molar-refractivity contribution < 1.29 is 29.0 Å². The van der Waals surface area contributed by atoms with Gasteiger partial charge in [-0.05, 0) is 35.4 Å². The molecule has 9 heteroatoms. The van der Waals surface area contributed by atoms with Crippen LogP contribution in [0.2, 0.25) is 0 Å². The number of benzene rings is 3. The SMILES string of the molecule is CC[C@H](NC(=O)[C@H](NC(=O)[C@@H](NC(=O)OCc1ccccc1)C(Cc1ccccc1)C(=O)O)[C@H](C)CC)c1ccccc1. The van der Waals surface area contributed by atoms with E-state index >= 15 is 0 Å². The van der Waals surface area contributed by atoms with Gasteiger partial charge >= 0.3 is 12.1 Å². The number of ether oxygens (including phenoxy) is 1. The summed E-state index contributed by atoms with van der Waals surface area (Å²) in [5, 5.41) is 18.5. The Labute approximate surface area is 253 Å². The molecule has 0 aliphatic rings. The fourth-order valence-corrected chi connectivity index (χ4v) is 4.77. The maximum Gasteiger partial charge on any atom is 0.408 e. The highest BCUT2D eigenvalue weighted by Gasteiger charge is 2.38. The molecule has 5 atom stereocenters. The van der Waals surface area contributed by atoms with Gasteiger partial charge in [0.15, 0.2) is 0 Å². The van der Waals surface area contributed by atoms with Gasteiger partial charge in [-0.15, -0.1) is 0 Å². The van der Waals surface area contributed by atoms with Crippen molar-refractivity contribution in [1.82, 2.24) is 16.0 Å². The molecule has 3 aromatic rings. The van der Waals surface area contributed by atoms with Crippen LogP contribution in [0.15, 0.2) is 91.0 Å². The molecule has 0 aromatic heterocycles. The van der Waals surface area contributed by atoms with E-state index in [1.165, 1.54) is 0 Å². The van der Waals surface area contributed by atoms with Crippen LogP contribution in [0, 0.1) is 11.8 Å². The first-order chi connectivity index (χ1) is 20.7. The maximum absolute atomic E-state index is 13.8. The van der Waals surface area contributed by atoms with Gasteiger partial charge in [0.1, 0.15) is 18.7 Å². The molecule has 0 saturated carbocycles. The second-order valence-corrected chi connectivity index (χ2v) is 10.6. The van der Waals surface area contributed by atoms with Crippen LogP contribution in [0.1, 0.15) is 56.3 Å². The summed E-state index contributed by atoms with van der Waals surface area (Å²) in [4.78, 5) is 52.8. The van der Waals surface area contributed by atoms with Gasteiger partial charge in [-0.2, -0.15) is 0 Å². The number of amides is 3. The summed E-state index contributed by atoms with van der Waals surface area (Å²) in [6, 6.07) is 24.6. The number of carboxylic acid groups (broad SMARTS) is 1. The predicted molar refractivity (Wildman–Crippen MR) is 164 cm³/mol. The first-order valence-electron chi connectivity index (χ1n) is 14.6. The molecule has 3 aromatic carbocycles. The average Bonchev–Trinajstić information content (AvgIpc) is 3.03. The molecule has 228 valence electrons. The highest BCUT2D eigenvalue weighted by atomic mass is 16.5. The third-order valence-corrected chi connectivity index (χ3v) is 7.51. The van der Waals surface area contributed by atoms with Crippen LogP contribution >= 0.6 is 0 Å². The zero-order chi connectivity index (χ0) is 31.2. The van der Waals surface area contributed by atoms with E-state index in [1.807, 2.05) is 57.2 Å². The number of alkyl carbamates (subject to hydrolysis) is 1. The first kappa shape index (κ1) is 32.8. The van der Waals surface area contributed by atoms with Crippen LogP contribution in [0.4, 0.5) is 4.79 Å². The average molecular weight is 588 g/mol. The van der Waals surface area contributed by atoms with Crippen LogP contribution in [-0.4, -0.2) is 41.1 Å². The number of nitrogens with one attached hydrogen (secondary N) is 3. The van der Waals surface area contributed by atoms with E-state index in [-0.39, 0.29) is 25.0 Å². The molecule has 0 radical (unpaired) electrons. The lowest BCUT2D eigenvalue weighted by molar-refractivity contribution is -0.145. The zero-order valence-corrected chi connectivity index (χ0v) is 24.9. The minimum absolute atomic E-state index is 0.0284. The Bertz CT molecular complexity index is 1320. The minimum atomic E-state index is -1.52. The summed E-state index contributed by atoms with van der Waals surface area (Å²) in [6.07, 6.45) is 0.235. The molecule has 1 unspecified atom stereocenters. The Morgan fingerprint density at radius 2 is 1.23 bits per heavy atom. The molecule has 4 N–H and O–H groups in total. The van der Waals surface area contributed by atoms with Crippen molar-refractivity contribution in [3.05, 3.63) is 108 Å². The summed E-state index contributed by atoms with van der Waals surface area (Å²) in [5.74, 6) is -4.06. The fraction of sp³-hybridized carbons (Fsp3) is 0.353. The van der Waals surface area contributed by atoms with Gasteiger partial charge in [0.05, 0.1) is 12.0 Å². The van der Waals surface area contributed by atoms with Gasteiger partial charge in [0.2, 0.25) is 11.8 Å². The van der Waals surface area contributed by atoms with Gasteiger partial charge in [-0.25, -0.2) is 4.79 Å². The summed E-state index contributed by atoms with van der Waals surface area (Å²) in [6.45, 7) is 5.63. The molecule has 0 spiro atoms. The van der Waals surface area contributed by atoms with E-state index in [0.29, 0.717) is 18.4 Å². The summed E-state index contributed by atoms with van der Waals surface area (Å²) < 4.78 is 5.32. The number of aliphatic carboxylic acids is 1. The van der Waals surface area contributed by atoms with Gasteiger partial charge in [0.25, 0.3) is 0 Å². The number of carbonyl (C=O) groups is 4. The Kier molecular flexibility index (Phi) is 12.8. The fourth-order valence-electron chi connectivity index (χ4n) is 4.77. The zero-order valence-electron chi connectivity index (χ0n) is 24.9. The summed E-state index contributed by atoms with van der Waals surface area (Å²) in [7, 11) is 0. The minimum Gasteiger partial charge on any atom is -0.481 e.